The molecule has 0 saturated heterocycles. The van der Waals surface area contributed by atoms with Crippen molar-refractivity contribution >= 4 is 11.6 Å². The largest absolute Gasteiger partial charge is 0.490 e. The van der Waals surface area contributed by atoms with E-state index in [1.807, 2.05) is 18.2 Å². The lowest BCUT2D eigenvalue weighted by Crippen LogP contribution is -2.10. The van der Waals surface area contributed by atoms with Crippen LogP contribution < -0.4 is 4.74 Å². The summed E-state index contributed by atoms with van der Waals surface area (Å²) in [5.41, 5.74) is 0. The van der Waals surface area contributed by atoms with E-state index in [9.17, 15) is 0 Å². The fraction of sp³-hybridized carbons (Fsp3) is 0.455. The third-order valence-electron chi connectivity index (χ3n) is 1.75. The number of hydrogen-bond donors (Lipinski definition) is 0. The predicted molar refractivity (Wildman–Crippen MR) is 59.6 cm³/mol. The summed E-state index contributed by atoms with van der Waals surface area (Å²) < 4.78 is 15.5. The van der Waals surface area contributed by atoms with E-state index in [0.717, 1.165) is 0 Å². The van der Waals surface area contributed by atoms with Gasteiger partial charge in [0, 0.05) is 7.11 Å². The maximum Gasteiger partial charge on any atom is 0.138 e. The lowest BCUT2D eigenvalue weighted by atomic mass is 10.3. The summed E-state index contributed by atoms with van der Waals surface area (Å²) in [5.74, 6) is 0.689. The Kier molecular flexibility index (Phi) is 6.16. The number of methoxy groups -OCH3 is 1. The SMILES string of the molecule is COCCOCCOc1ccccc1Cl. The minimum atomic E-state index is 0.493. The molecule has 0 N–H and O–H groups in total. The molecule has 0 aromatic heterocycles. The van der Waals surface area contributed by atoms with Crippen molar-refractivity contribution in [3.63, 3.8) is 0 Å². The van der Waals surface area contributed by atoms with Crippen LogP contribution in [0, 0.1) is 0 Å². The number of rotatable bonds is 7. The Hall–Kier alpha value is -0.770. The van der Waals surface area contributed by atoms with Crippen molar-refractivity contribution in [2.75, 3.05) is 33.5 Å². The molecule has 1 aromatic carbocycles. The van der Waals surface area contributed by atoms with E-state index in [2.05, 4.69) is 0 Å². The first kappa shape index (κ1) is 12.3. The molecule has 1 aromatic rings. The van der Waals surface area contributed by atoms with Gasteiger partial charge in [0.2, 0.25) is 0 Å². The zero-order valence-corrected chi connectivity index (χ0v) is 9.50. The van der Waals surface area contributed by atoms with Crippen LogP contribution in [0.1, 0.15) is 0 Å². The van der Waals surface area contributed by atoms with Crippen LogP contribution >= 0.6 is 11.6 Å². The topological polar surface area (TPSA) is 27.7 Å². The third kappa shape index (κ3) is 5.02. The molecule has 0 spiro atoms. The van der Waals surface area contributed by atoms with Crippen molar-refractivity contribution in [3.05, 3.63) is 29.3 Å². The van der Waals surface area contributed by atoms with E-state index in [4.69, 9.17) is 25.8 Å². The van der Waals surface area contributed by atoms with Crippen LogP contribution in [0.3, 0.4) is 0 Å². The highest BCUT2D eigenvalue weighted by Crippen LogP contribution is 2.22. The maximum absolute atomic E-state index is 5.90. The average Bonchev–Trinajstić information content (AvgIpc) is 2.25. The molecule has 1 rings (SSSR count). The molecule has 0 fully saturated rings. The molecule has 0 heterocycles. The summed E-state index contributed by atoms with van der Waals surface area (Å²) in [6.07, 6.45) is 0. The smallest absolute Gasteiger partial charge is 0.138 e. The minimum absolute atomic E-state index is 0.493. The second kappa shape index (κ2) is 7.51. The summed E-state index contributed by atoms with van der Waals surface area (Å²) in [5, 5.41) is 0.620. The van der Waals surface area contributed by atoms with Crippen LogP contribution in [-0.2, 0) is 9.47 Å². The maximum atomic E-state index is 5.90. The van der Waals surface area contributed by atoms with Gasteiger partial charge in [-0.3, -0.25) is 0 Å². The lowest BCUT2D eigenvalue weighted by molar-refractivity contribution is 0.0544. The Morgan fingerprint density at radius 2 is 1.80 bits per heavy atom. The van der Waals surface area contributed by atoms with Gasteiger partial charge in [-0.25, -0.2) is 0 Å². The third-order valence-corrected chi connectivity index (χ3v) is 2.07. The quantitative estimate of drug-likeness (QED) is 0.674. The summed E-state index contributed by atoms with van der Waals surface area (Å²) in [6, 6.07) is 7.37. The normalized spacial score (nSPS) is 10.3. The first-order valence-corrected chi connectivity index (χ1v) is 5.16. The fourth-order valence-corrected chi connectivity index (χ4v) is 1.21. The van der Waals surface area contributed by atoms with Crippen LogP contribution in [0.2, 0.25) is 5.02 Å². The van der Waals surface area contributed by atoms with E-state index in [0.29, 0.717) is 37.2 Å². The summed E-state index contributed by atoms with van der Waals surface area (Å²) in [6.45, 7) is 2.22. The Morgan fingerprint density at radius 1 is 1.07 bits per heavy atom. The molecule has 0 aliphatic heterocycles. The molecule has 3 nitrogen and oxygen atoms in total. The van der Waals surface area contributed by atoms with Crippen LogP contribution in [-0.4, -0.2) is 33.5 Å². The standard InChI is InChI=1S/C11H15ClO3/c1-13-6-7-14-8-9-15-11-5-3-2-4-10(11)12/h2-5H,6-9H2,1H3. The van der Waals surface area contributed by atoms with E-state index in [-0.39, 0.29) is 0 Å². The second-order valence-corrected chi connectivity index (χ2v) is 3.29. The number of benzene rings is 1. The Bertz CT molecular complexity index is 278. The zero-order valence-electron chi connectivity index (χ0n) is 8.74. The average molecular weight is 231 g/mol. The summed E-state index contributed by atoms with van der Waals surface area (Å²) in [7, 11) is 1.64. The van der Waals surface area contributed by atoms with Crippen LogP contribution in [0.5, 0.6) is 5.75 Å². The van der Waals surface area contributed by atoms with Crippen molar-refractivity contribution < 1.29 is 14.2 Å². The van der Waals surface area contributed by atoms with Crippen molar-refractivity contribution in [1.82, 2.24) is 0 Å². The van der Waals surface area contributed by atoms with Gasteiger partial charge in [-0.1, -0.05) is 23.7 Å². The Labute approximate surface area is 94.9 Å². The van der Waals surface area contributed by atoms with Gasteiger partial charge in [-0.15, -0.1) is 0 Å². The number of hydrogen-bond acceptors (Lipinski definition) is 3. The van der Waals surface area contributed by atoms with E-state index >= 15 is 0 Å². The van der Waals surface area contributed by atoms with E-state index in [1.165, 1.54) is 0 Å². The molecule has 0 radical (unpaired) electrons. The summed E-state index contributed by atoms with van der Waals surface area (Å²) >= 11 is 5.90. The van der Waals surface area contributed by atoms with Crippen molar-refractivity contribution in [3.8, 4) is 5.75 Å². The highest BCUT2D eigenvalue weighted by Gasteiger charge is 1.98. The first-order valence-electron chi connectivity index (χ1n) is 4.78. The highest BCUT2D eigenvalue weighted by atomic mass is 35.5. The fourth-order valence-electron chi connectivity index (χ4n) is 1.02. The lowest BCUT2D eigenvalue weighted by Gasteiger charge is -2.07. The molecule has 0 amide bonds. The van der Waals surface area contributed by atoms with Gasteiger partial charge in [-0.05, 0) is 12.1 Å². The van der Waals surface area contributed by atoms with Gasteiger partial charge in [0.15, 0.2) is 0 Å². The van der Waals surface area contributed by atoms with Gasteiger partial charge < -0.3 is 14.2 Å². The summed E-state index contributed by atoms with van der Waals surface area (Å²) in [4.78, 5) is 0. The molecular weight excluding hydrogens is 216 g/mol. The molecule has 0 aliphatic rings. The molecule has 0 aliphatic carbocycles. The van der Waals surface area contributed by atoms with E-state index < -0.39 is 0 Å². The molecule has 0 saturated carbocycles. The van der Waals surface area contributed by atoms with Gasteiger partial charge in [0.1, 0.15) is 12.4 Å². The molecule has 84 valence electrons. The van der Waals surface area contributed by atoms with Gasteiger partial charge in [0.25, 0.3) is 0 Å². The molecule has 0 bridgehead atoms. The van der Waals surface area contributed by atoms with Crippen molar-refractivity contribution in [2.24, 2.45) is 0 Å². The Morgan fingerprint density at radius 3 is 2.53 bits per heavy atom. The van der Waals surface area contributed by atoms with E-state index in [1.54, 1.807) is 13.2 Å². The van der Waals surface area contributed by atoms with Crippen molar-refractivity contribution in [2.45, 2.75) is 0 Å². The van der Waals surface area contributed by atoms with Gasteiger partial charge in [0.05, 0.1) is 24.8 Å². The van der Waals surface area contributed by atoms with Gasteiger partial charge >= 0.3 is 0 Å². The number of ether oxygens (including phenoxy) is 3. The zero-order chi connectivity index (χ0) is 10.9. The highest BCUT2D eigenvalue weighted by molar-refractivity contribution is 6.32. The Balaban J connectivity index is 2.12. The van der Waals surface area contributed by atoms with Crippen LogP contribution in [0.15, 0.2) is 24.3 Å². The molecule has 0 unspecified atom stereocenters. The van der Waals surface area contributed by atoms with Crippen LogP contribution in [0.4, 0.5) is 0 Å². The van der Waals surface area contributed by atoms with Gasteiger partial charge in [-0.2, -0.15) is 0 Å². The number of halogens is 1. The molecule has 0 atom stereocenters. The van der Waals surface area contributed by atoms with Crippen molar-refractivity contribution in [1.29, 1.82) is 0 Å². The predicted octanol–water partition coefficient (Wildman–Crippen LogP) is 2.38. The van der Waals surface area contributed by atoms with Crippen LogP contribution in [0.25, 0.3) is 0 Å². The molecular formula is C11H15ClO3. The number of para-hydroxylation sites is 1. The second-order valence-electron chi connectivity index (χ2n) is 2.88. The first-order chi connectivity index (χ1) is 7.34. The minimum Gasteiger partial charge on any atom is -0.490 e. The molecule has 4 heteroatoms. The molecule has 15 heavy (non-hydrogen) atoms. The monoisotopic (exact) mass is 230 g/mol.